The number of hydrogen-bond donors (Lipinski definition) is 1. The quantitative estimate of drug-likeness (QED) is 0.669. The van der Waals surface area contributed by atoms with Crippen molar-refractivity contribution < 1.29 is 14.0 Å². The molecule has 5 nitrogen and oxygen atoms in total. The van der Waals surface area contributed by atoms with Crippen molar-refractivity contribution in [3.63, 3.8) is 0 Å². The van der Waals surface area contributed by atoms with Crippen molar-refractivity contribution in [2.45, 2.75) is 33.1 Å². The molecular weight excluding hydrogens is 384 g/mol. The Morgan fingerprint density at radius 2 is 1.97 bits per heavy atom. The molecule has 0 saturated carbocycles. The van der Waals surface area contributed by atoms with Crippen molar-refractivity contribution in [1.82, 2.24) is 5.32 Å². The fraction of sp³-hybridized carbons (Fsp3) is 0.261. The summed E-state index contributed by atoms with van der Waals surface area (Å²) in [6.45, 7) is 5.34. The summed E-state index contributed by atoms with van der Waals surface area (Å²) in [4.78, 5) is 24.9. The summed E-state index contributed by atoms with van der Waals surface area (Å²) in [5.41, 5.74) is 3.37. The van der Waals surface area contributed by atoms with E-state index in [-0.39, 0.29) is 17.3 Å². The molecule has 0 bridgehead atoms. The SMILES string of the molecule is CCc1ccc(C(=O)CSC2=C(C#N)C(c3ccco3)C(C(C)=O)=C(C)N2)cc1. The number of rotatable bonds is 7. The zero-order chi connectivity index (χ0) is 21.0. The Hall–Kier alpha value is -3.04. The fourth-order valence-corrected chi connectivity index (χ4v) is 4.37. The van der Waals surface area contributed by atoms with Crippen LogP contribution in [0.4, 0.5) is 0 Å². The fourth-order valence-electron chi connectivity index (χ4n) is 3.38. The van der Waals surface area contributed by atoms with Gasteiger partial charge in [0, 0.05) is 16.8 Å². The van der Waals surface area contributed by atoms with Gasteiger partial charge in [-0.15, -0.1) is 0 Å². The van der Waals surface area contributed by atoms with E-state index in [2.05, 4.69) is 18.3 Å². The van der Waals surface area contributed by atoms with E-state index in [9.17, 15) is 14.9 Å². The van der Waals surface area contributed by atoms with Gasteiger partial charge < -0.3 is 9.73 Å². The van der Waals surface area contributed by atoms with Crippen LogP contribution in [0.3, 0.4) is 0 Å². The lowest BCUT2D eigenvalue weighted by atomic mass is 9.84. The van der Waals surface area contributed by atoms with Crippen LogP contribution in [0.5, 0.6) is 0 Å². The summed E-state index contributed by atoms with van der Waals surface area (Å²) in [5, 5.41) is 13.6. The second kappa shape index (κ2) is 8.97. The third-order valence-electron chi connectivity index (χ3n) is 4.89. The summed E-state index contributed by atoms with van der Waals surface area (Å²) in [5.74, 6) is 0.00691. The molecule has 0 saturated heterocycles. The maximum atomic E-state index is 12.6. The third kappa shape index (κ3) is 4.36. The molecule has 0 fully saturated rings. The largest absolute Gasteiger partial charge is 0.468 e. The number of nitriles is 1. The first-order chi connectivity index (χ1) is 14.0. The summed E-state index contributed by atoms with van der Waals surface area (Å²) in [6, 6.07) is 13.3. The Kier molecular flexibility index (Phi) is 6.40. The summed E-state index contributed by atoms with van der Waals surface area (Å²) >= 11 is 1.27. The molecule has 1 unspecified atom stereocenters. The predicted molar refractivity (Wildman–Crippen MR) is 113 cm³/mol. The molecule has 0 spiro atoms. The number of dihydropyridines is 1. The molecule has 0 radical (unpaired) electrons. The van der Waals surface area contributed by atoms with E-state index in [1.54, 1.807) is 19.1 Å². The molecule has 2 heterocycles. The minimum absolute atomic E-state index is 0.0159. The number of aryl methyl sites for hydroxylation is 1. The van der Waals surface area contributed by atoms with Crippen molar-refractivity contribution >= 4 is 23.3 Å². The molecule has 29 heavy (non-hydrogen) atoms. The number of Topliss-reactive ketones (excluding diaryl/α,β-unsaturated/α-hetero) is 2. The maximum Gasteiger partial charge on any atom is 0.173 e. The molecule has 0 aliphatic carbocycles. The maximum absolute atomic E-state index is 12.6. The highest BCUT2D eigenvalue weighted by Crippen LogP contribution is 2.41. The van der Waals surface area contributed by atoms with Gasteiger partial charge in [-0.2, -0.15) is 5.26 Å². The summed E-state index contributed by atoms with van der Waals surface area (Å²) < 4.78 is 5.52. The average molecular weight is 407 g/mol. The standard InChI is InChI=1S/C23H22N2O3S/c1-4-16-7-9-17(10-8-16)19(27)13-29-23-18(12-24)22(20-6-5-11-28-20)21(15(3)26)14(2)25-23/h5-11,22,25H,4,13H2,1-3H3. The van der Waals surface area contributed by atoms with Gasteiger partial charge in [-0.3, -0.25) is 9.59 Å². The zero-order valence-corrected chi connectivity index (χ0v) is 17.4. The molecule has 6 heteroatoms. The molecule has 2 aromatic rings. The van der Waals surface area contributed by atoms with E-state index < -0.39 is 5.92 Å². The number of nitrogens with one attached hydrogen (secondary N) is 1. The number of nitrogens with zero attached hydrogens (tertiary/aromatic N) is 1. The molecule has 1 N–H and O–H groups in total. The Morgan fingerprint density at radius 3 is 2.52 bits per heavy atom. The van der Waals surface area contributed by atoms with Gasteiger partial charge in [0.15, 0.2) is 11.6 Å². The number of furan rings is 1. The van der Waals surface area contributed by atoms with Crippen LogP contribution in [0.25, 0.3) is 0 Å². The number of ketones is 2. The van der Waals surface area contributed by atoms with Crippen LogP contribution < -0.4 is 5.32 Å². The van der Waals surface area contributed by atoms with Gasteiger partial charge in [0.1, 0.15) is 5.76 Å². The van der Waals surface area contributed by atoms with Gasteiger partial charge in [-0.25, -0.2) is 0 Å². The lowest BCUT2D eigenvalue weighted by Gasteiger charge is -2.27. The first-order valence-electron chi connectivity index (χ1n) is 9.37. The van der Waals surface area contributed by atoms with Crippen LogP contribution in [0.2, 0.25) is 0 Å². The van der Waals surface area contributed by atoms with Crippen LogP contribution in [0.1, 0.15) is 48.4 Å². The van der Waals surface area contributed by atoms with E-state index in [1.807, 2.05) is 24.3 Å². The minimum Gasteiger partial charge on any atom is -0.468 e. The number of carbonyl (C=O) groups excluding carboxylic acids is 2. The second-order valence-electron chi connectivity index (χ2n) is 6.79. The number of benzene rings is 1. The molecule has 1 aliphatic heterocycles. The van der Waals surface area contributed by atoms with Crippen molar-refractivity contribution in [2.75, 3.05) is 5.75 Å². The first-order valence-corrected chi connectivity index (χ1v) is 10.4. The van der Waals surface area contributed by atoms with E-state index in [1.165, 1.54) is 30.5 Å². The number of thioether (sulfide) groups is 1. The Labute approximate surface area is 174 Å². The normalized spacial score (nSPS) is 16.4. The van der Waals surface area contributed by atoms with Gasteiger partial charge >= 0.3 is 0 Å². The van der Waals surface area contributed by atoms with Gasteiger partial charge in [0.05, 0.1) is 34.6 Å². The summed E-state index contributed by atoms with van der Waals surface area (Å²) in [6.07, 6.45) is 2.44. The van der Waals surface area contributed by atoms with Crippen LogP contribution in [-0.2, 0) is 11.2 Å². The highest BCUT2D eigenvalue weighted by atomic mass is 32.2. The van der Waals surface area contributed by atoms with Crippen molar-refractivity contribution in [3.8, 4) is 6.07 Å². The van der Waals surface area contributed by atoms with Crippen LogP contribution in [0, 0.1) is 11.3 Å². The van der Waals surface area contributed by atoms with E-state index in [0.29, 0.717) is 33.2 Å². The lowest BCUT2D eigenvalue weighted by molar-refractivity contribution is -0.113. The molecule has 1 aliphatic rings. The molecule has 148 valence electrons. The van der Waals surface area contributed by atoms with Crippen LogP contribution in [-0.4, -0.2) is 17.3 Å². The Balaban J connectivity index is 1.87. The number of hydrogen-bond acceptors (Lipinski definition) is 6. The average Bonchev–Trinajstić information content (AvgIpc) is 3.25. The number of carbonyl (C=O) groups is 2. The Morgan fingerprint density at radius 1 is 1.24 bits per heavy atom. The number of allylic oxidation sites excluding steroid dienone is 3. The van der Waals surface area contributed by atoms with E-state index in [0.717, 1.165) is 6.42 Å². The molecule has 3 rings (SSSR count). The van der Waals surface area contributed by atoms with Crippen molar-refractivity contribution in [2.24, 2.45) is 0 Å². The molecule has 0 amide bonds. The van der Waals surface area contributed by atoms with Crippen molar-refractivity contribution in [1.29, 1.82) is 5.26 Å². The highest BCUT2D eigenvalue weighted by Gasteiger charge is 2.34. The smallest absolute Gasteiger partial charge is 0.173 e. The zero-order valence-electron chi connectivity index (χ0n) is 16.6. The second-order valence-corrected chi connectivity index (χ2v) is 7.77. The van der Waals surface area contributed by atoms with E-state index >= 15 is 0 Å². The van der Waals surface area contributed by atoms with Crippen LogP contribution >= 0.6 is 11.8 Å². The van der Waals surface area contributed by atoms with Crippen LogP contribution in [0.15, 0.2) is 69.0 Å². The van der Waals surface area contributed by atoms with E-state index in [4.69, 9.17) is 4.42 Å². The topological polar surface area (TPSA) is 83.1 Å². The first kappa shape index (κ1) is 20.7. The highest BCUT2D eigenvalue weighted by molar-refractivity contribution is 8.03. The van der Waals surface area contributed by atoms with Gasteiger partial charge in [0.25, 0.3) is 0 Å². The predicted octanol–water partition coefficient (Wildman–Crippen LogP) is 4.74. The lowest BCUT2D eigenvalue weighted by Crippen LogP contribution is -2.27. The third-order valence-corrected chi connectivity index (χ3v) is 5.90. The van der Waals surface area contributed by atoms with Crippen molar-refractivity contribution in [3.05, 3.63) is 81.4 Å². The molecule has 1 atom stereocenters. The monoisotopic (exact) mass is 406 g/mol. The molecular formula is C23H22N2O3S. The van der Waals surface area contributed by atoms with Gasteiger partial charge in [-0.1, -0.05) is 43.0 Å². The minimum atomic E-state index is -0.574. The van der Waals surface area contributed by atoms with Gasteiger partial charge in [0.2, 0.25) is 0 Å². The van der Waals surface area contributed by atoms with Gasteiger partial charge in [-0.05, 0) is 38.0 Å². The molecule has 1 aromatic heterocycles. The molecule has 1 aromatic carbocycles. The Bertz CT molecular complexity index is 1030. The summed E-state index contributed by atoms with van der Waals surface area (Å²) in [7, 11) is 0.